The molecule has 0 saturated heterocycles. The van der Waals surface area contributed by atoms with Crippen molar-refractivity contribution in [2.45, 2.75) is 0 Å². The van der Waals surface area contributed by atoms with E-state index in [2.05, 4.69) is 0 Å². The summed E-state index contributed by atoms with van der Waals surface area (Å²) in [6, 6.07) is 4.92. The number of rotatable bonds is 4. The number of halogens is 1. The van der Waals surface area contributed by atoms with Gasteiger partial charge in [0.05, 0.1) is 12.1 Å². The largest absolute Gasteiger partial charge is 0.497 e. The van der Waals surface area contributed by atoms with Crippen LogP contribution in [0.25, 0.3) is 0 Å². The van der Waals surface area contributed by atoms with Gasteiger partial charge in [0.15, 0.2) is 5.78 Å². The molecule has 0 heterocycles. The molecule has 0 aliphatic rings. The second kappa shape index (κ2) is 4.98. The molecule has 0 unspecified atom stereocenters. The Morgan fingerprint density at radius 2 is 2.14 bits per heavy atom. The summed E-state index contributed by atoms with van der Waals surface area (Å²) < 4.78 is 9.69. The normalized spacial score (nSPS) is 9.93. The van der Waals surface area contributed by atoms with E-state index >= 15 is 0 Å². The summed E-state index contributed by atoms with van der Waals surface area (Å²) in [6.45, 7) is 0.0338. The Hall–Kier alpha value is -1.06. The quantitative estimate of drug-likeness (QED) is 0.721. The zero-order valence-electron chi connectivity index (χ0n) is 8.04. The van der Waals surface area contributed by atoms with E-state index in [0.717, 1.165) is 0 Å². The molecule has 0 N–H and O–H groups in total. The third-order valence-corrected chi connectivity index (χ3v) is 2.06. The lowest BCUT2D eigenvalue weighted by Crippen LogP contribution is -2.07. The van der Waals surface area contributed by atoms with E-state index in [1.807, 2.05) is 0 Å². The number of hydrogen-bond acceptors (Lipinski definition) is 3. The predicted octanol–water partition coefficient (Wildman–Crippen LogP) is 2.18. The van der Waals surface area contributed by atoms with Gasteiger partial charge in [0.2, 0.25) is 0 Å². The molecule has 0 atom stereocenters. The maximum atomic E-state index is 11.4. The van der Waals surface area contributed by atoms with Crippen LogP contribution in [0.4, 0.5) is 0 Å². The summed E-state index contributed by atoms with van der Waals surface area (Å²) in [5, 5.41) is 0.381. The number of carbonyl (C=O) groups is 1. The Labute approximate surface area is 87.6 Å². The summed E-state index contributed by atoms with van der Waals surface area (Å²) >= 11 is 5.88. The SMILES string of the molecule is COCC(=O)c1ccc(OC)cc1Cl. The summed E-state index contributed by atoms with van der Waals surface area (Å²) in [6.07, 6.45) is 0. The van der Waals surface area contributed by atoms with E-state index in [1.54, 1.807) is 25.3 Å². The molecule has 0 aliphatic carbocycles. The van der Waals surface area contributed by atoms with Crippen molar-refractivity contribution in [2.75, 3.05) is 20.8 Å². The molecule has 1 aromatic rings. The van der Waals surface area contributed by atoms with Gasteiger partial charge in [-0.05, 0) is 18.2 Å². The second-order valence-corrected chi connectivity index (χ2v) is 3.11. The van der Waals surface area contributed by atoms with Crippen LogP contribution in [-0.2, 0) is 4.74 Å². The van der Waals surface area contributed by atoms with Gasteiger partial charge in [0, 0.05) is 12.7 Å². The van der Waals surface area contributed by atoms with Crippen LogP contribution in [0.2, 0.25) is 5.02 Å². The number of benzene rings is 1. The minimum atomic E-state index is -0.139. The third kappa shape index (κ3) is 2.47. The highest BCUT2D eigenvalue weighted by atomic mass is 35.5. The number of methoxy groups -OCH3 is 2. The highest BCUT2D eigenvalue weighted by Crippen LogP contribution is 2.22. The van der Waals surface area contributed by atoms with E-state index in [-0.39, 0.29) is 12.4 Å². The molecule has 0 spiro atoms. The molecule has 0 bridgehead atoms. The van der Waals surface area contributed by atoms with Gasteiger partial charge in [-0.25, -0.2) is 0 Å². The Morgan fingerprint density at radius 1 is 1.43 bits per heavy atom. The van der Waals surface area contributed by atoms with Crippen LogP contribution < -0.4 is 4.74 Å². The van der Waals surface area contributed by atoms with Gasteiger partial charge in [-0.15, -0.1) is 0 Å². The van der Waals surface area contributed by atoms with Crippen LogP contribution >= 0.6 is 11.6 Å². The van der Waals surface area contributed by atoms with Crippen LogP contribution in [0.5, 0.6) is 5.75 Å². The molecule has 4 heteroatoms. The average molecular weight is 215 g/mol. The molecule has 0 fully saturated rings. The van der Waals surface area contributed by atoms with Gasteiger partial charge in [-0.2, -0.15) is 0 Å². The van der Waals surface area contributed by atoms with Crippen molar-refractivity contribution in [3.63, 3.8) is 0 Å². The monoisotopic (exact) mass is 214 g/mol. The topological polar surface area (TPSA) is 35.5 Å². The summed E-state index contributed by atoms with van der Waals surface area (Å²) in [4.78, 5) is 11.4. The van der Waals surface area contributed by atoms with Crippen LogP contribution in [0, 0.1) is 0 Å². The first-order chi connectivity index (χ1) is 6.69. The Morgan fingerprint density at radius 3 is 2.64 bits per heavy atom. The number of hydrogen-bond donors (Lipinski definition) is 0. The van der Waals surface area contributed by atoms with Gasteiger partial charge >= 0.3 is 0 Å². The standard InChI is InChI=1S/C10H11ClO3/c1-13-6-10(12)8-4-3-7(14-2)5-9(8)11/h3-5H,6H2,1-2H3. The molecule has 1 aromatic carbocycles. The lowest BCUT2D eigenvalue weighted by Gasteiger charge is -2.04. The minimum absolute atomic E-state index is 0.0338. The van der Waals surface area contributed by atoms with Gasteiger partial charge in [0.1, 0.15) is 12.4 Å². The van der Waals surface area contributed by atoms with E-state index in [1.165, 1.54) is 7.11 Å². The molecule has 14 heavy (non-hydrogen) atoms. The maximum absolute atomic E-state index is 11.4. The second-order valence-electron chi connectivity index (χ2n) is 2.70. The Kier molecular flexibility index (Phi) is 3.92. The average Bonchev–Trinajstić information content (AvgIpc) is 2.17. The summed E-state index contributed by atoms with van der Waals surface area (Å²) in [5.41, 5.74) is 0.453. The first kappa shape index (κ1) is 11.0. The molecule has 0 saturated carbocycles. The summed E-state index contributed by atoms with van der Waals surface area (Å²) in [7, 11) is 3.01. The smallest absolute Gasteiger partial charge is 0.189 e. The first-order valence-corrected chi connectivity index (χ1v) is 4.42. The van der Waals surface area contributed by atoms with Crippen molar-refractivity contribution in [1.29, 1.82) is 0 Å². The Balaban J connectivity index is 2.94. The van der Waals surface area contributed by atoms with Gasteiger partial charge in [0.25, 0.3) is 0 Å². The highest BCUT2D eigenvalue weighted by molar-refractivity contribution is 6.34. The van der Waals surface area contributed by atoms with Crippen molar-refractivity contribution in [1.82, 2.24) is 0 Å². The van der Waals surface area contributed by atoms with E-state index in [9.17, 15) is 4.79 Å². The van der Waals surface area contributed by atoms with Crippen LogP contribution in [-0.4, -0.2) is 26.6 Å². The van der Waals surface area contributed by atoms with Crippen molar-refractivity contribution in [3.05, 3.63) is 28.8 Å². The first-order valence-electron chi connectivity index (χ1n) is 4.04. The molecular weight excluding hydrogens is 204 g/mol. The zero-order chi connectivity index (χ0) is 10.6. The van der Waals surface area contributed by atoms with Crippen LogP contribution in [0.15, 0.2) is 18.2 Å². The fourth-order valence-corrected chi connectivity index (χ4v) is 1.33. The zero-order valence-corrected chi connectivity index (χ0v) is 8.80. The molecule has 76 valence electrons. The molecule has 1 rings (SSSR count). The van der Waals surface area contributed by atoms with Crippen molar-refractivity contribution >= 4 is 17.4 Å². The third-order valence-electron chi connectivity index (χ3n) is 1.75. The minimum Gasteiger partial charge on any atom is -0.497 e. The van der Waals surface area contributed by atoms with Crippen molar-refractivity contribution in [3.8, 4) is 5.75 Å². The van der Waals surface area contributed by atoms with Gasteiger partial charge in [-0.3, -0.25) is 4.79 Å². The number of carbonyl (C=O) groups excluding carboxylic acids is 1. The van der Waals surface area contributed by atoms with Gasteiger partial charge < -0.3 is 9.47 Å². The number of Topliss-reactive ketones (excluding diaryl/α,β-unsaturated/α-hetero) is 1. The molecule has 0 amide bonds. The Bertz CT molecular complexity index is 336. The van der Waals surface area contributed by atoms with Crippen molar-refractivity contribution < 1.29 is 14.3 Å². The molecule has 3 nitrogen and oxygen atoms in total. The maximum Gasteiger partial charge on any atom is 0.189 e. The predicted molar refractivity (Wildman–Crippen MR) is 54.2 cm³/mol. The highest BCUT2D eigenvalue weighted by Gasteiger charge is 2.10. The molecule has 0 aromatic heterocycles. The van der Waals surface area contributed by atoms with Crippen LogP contribution in [0.3, 0.4) is 0 Å². The van der Waals surface area contributed by atoms with Crippen LogP contribution in [0.1, 0.15) is 10.4 Å². The van der Waals surface area contributed by atoms with Crippen molar-refractivity contribution in [2.24, 2.45) is 0 Å². The fraction of sp³-hybridized carbons (Fsp3) is 0.300. The van der Waals surface area contributed by atoms with E-state index in [4.69, 9.17) is 21.1 Å². The summed E-state index contributed by atoms with van der Waals surface area (Å²) in [5.74, 6) is 0.490. The van der Waals surface area contributed by atoms with E-state index < -0.39 is 0 Å². The molecule has 0 radical (unpaired) electrons. The van der Waals surface area contributed by atoms with Gasteiger partial charge in [-0.1, -0.05) is 11.6 Å². The number of ketones is 1. The van der Waals surface area contributed by atoms with E-state index in [0.29, 0.717) is 16.3 Å². The molecular formula is C10H11ClO3. The lowest BCUT2D eigenvalue weighted by molar-refractivity contribution is 0.0848. The lowest BCUT2D eigenvalue weighted by atomic mass is 10.1. The molecule has 0 aliphatic heterocycles. The number of ether oxygens (including phenoxy) is 2. The fourth-order valence-electron chi connectivity index (χ4n) is 1.06.